The van der Waals surface area contributed by atoms with Crippen molar-refractivity contribution in [2.45, 2.75) is 44.2 Å². The van der Waals surface area contributed by atoms with Gasteiger partial charge in [-0.25, -0.2) is 13.1 Å². The molecule has 0 amide bonds. The molecule has 2 unspecified atom stereocenters. The number of sulfonamides is 1. The van der Waals surface area contributed by atoms with Gasteiger partial charge in [-0.2, -0.15) is 0 Å². The molecule has 6 heteroatoms. The van der Waals surface area contributed by atoms with Gasteiger partial charge >= 0.3 is 0 Å². The Labute approximate surface area is 127 Å². The highest BCUT2D eigenvalue weighted by Crippen LogP contribution is 2.16. The SMILES string of the molecule is CNCc1ccc(CS(=O)(=O)NC(C)C2CCCO2)cc1. The Morgan fingerprint density at radius 1 is 1.29 bits per heavy atom. The molecule has 2 rings (SSSR count). The predicted molar refractivity (Wildman–Crippen MR) is 83.4 cm³/mol. The first-order valence-electron chi connectivity index (χ1n) is 7.34. The lowest BCUT2D eigenvalue weighted by Crippen LogP contribution is -2.41. The average Bonchev–Trinajstić information content (AvgIpc) is 2.94. The summed E-state index contributed by atoms with van der Waals surface area (Å²) in [6, 6.07) is 7.45. The first-order valence-corrected chi connectivity index (χ1v) is 8.99. The monoisotopic (exact) mass is 312 g/mol. The summed E-state index contributed by atoms with van der Waals surface area (Å²) in [4.78, 5) is 0. The van der Waals surface area contributed by atoms with Crippen molar-refractivity contribution in [3.63, 3.8) is 0 Å². The Hall–Kier alpha value is -0.950. The maximum absolute atomic E-state index is 12.2. The Kier molecular flexibility index (Phi) is 5.75. The van der Waals surface area contributed by atoms with E-state index in [2.05, 4.69) is 10.0 Å². The van der Waals surface area contributed by atoms with Crippen molar-refractivity contribution in [2.24, 2.45) is 0 Å². The second kappa shape index (κ2) is 7.35. The largest absolute Gasteiger partial charge is 0.377 e. The van der Waals surface area contributed by atoms with E-state index in [0.717, 1.165) is 37.1 Å². The summed E-state index contributed by atoms with van der Waals surface area (Å²) >= 11 is 0. The summed E-state index contributed by atoms with van der Waals surface area (Å²) in [5, 5.41) is 3.06. The van der Waals surface area contributed by atoms with Gasteiger partial charge in [0.05, 0.1) is 11.9 Å². The van der Waals surface area contributed by atoms with Crippen LogP contribution in [0.25, 0.3) is 0 Å². The normalized spacial score (nSPS) is 20.6. The molecule has 0 saturated carbocycles. The van der Waals surface area contributed by atoms with Crippen LogP contribution in [0.1, 0.15) is 30.9 Å². The minimum atomic E-state index is -3.34. The smallest absolute Gasteiger partial charge is 0.216 e. The lowest BCUT2D eigenvalue weighted by molar-refractivity contribution is 0.0902. The maximum Gasteiger partial charge on any atom is 0.216 e. The van der Waals surface area contributed by atoms with E-state index < -0.39 is 10.0 Å². The van der Waals surface area contributed by atoms with Crippen LogP contribution in [-0.4, -0.2) is 34.2 Å². The minimum absolute atomic E-state index is 0.00206. The van der Waals surface area contributed by atoms with Crippen molar-refractivity contribution in [3.8, 4) is 0 Å². The minimum Gasteiger partial charge on any atom is -0.377 e. The topological polar surface area (TPSA) is 67.4 Å². The van der Waals surface area contributed by atoms with Crippen LogP contribution in [0, 0.1) is 0 Å². The van der Waals surface area contributed by atoms with E-state index in [1.807, 2.05) is 38.2 Å². The zero-order valence-corrected chi connectivity index (χ0v) is 13.4. The van der Waals surface area contributed by atoms with Crippen molar-refractivity contribution in [1.29, 1.82) is 0 Å². The maximum atomic E-state index is 12.2. The van der Waals surface area contributed by atoms with Gasteiger partial charge in [0.15, 0.2) is 0 Å². The van der Waals surface area contributed by atoms with Gasteiger partial charge < -0.3 is 10.1 Å². The summed E-state index contributed by atoms with van der Waals surface area (Å²) in [6.07, 6.45) is 1.92. The van der Waals surface area contributed by atoms with Crippen molar-refractivity contribution in [2.75, 3.05) is 13.7 Å². The highest BCUT2D eigenvalue weighted by molar-refractivity contribution is 7.88. The fraction of sp³-hybridized carbons (Fsp3) is 0.600. The van der Waals surface area contributed by atoms with E-state index in [1.165, 1.54) is 0 Å². The van der Waals surface area contributed by atoms with Crippen LogP contribution in [0.5, 0.6) is 0 Å². The fourth-order valence-electron chi connectivity index (χ4n) is 2.57. The summed E-state index contributed by atoms with van der Waals surface area (Å²) in [5.74, 6) is 0.00386. The molecule has 1 saturated heterocycles. The summed E-state index contributed by atoms with van der Waals surface area (Å²) in [5.41, 5.74) is 1.93. The van der Waals surface area contributed by atoms with Crippen LogP contribution in [-0.2, 0) is 27.1 Å². The molecule has 118 valence electrons. The van der Waals surface area contributed by atoms with E-state index in [0.29, 0.717) is 0 Å². The molecule has 0 bridgehead atoms. The Morgan fingerprint density at radius 2 is 1.95 bits per heavy atom. The zero-order chi connectivity index (χ0) is 15.3. The van der Waals surface area contributed by atoms with Gasteiger partial charge in [-0.15, -0.1) is 0 Å². The van der Waals surface area contributed by atoms with Gasteiger partial charge in [-0.3, -0.25) is 0 Å². The number of benzene rings is 1. The number of hydrogen-bond acceptors (Lipinski definition) is 4. The Morgan fingerprint density at radius 3 is 2.52 bits per heavy atom. The third kappa shape index (κ3) is 5.07. The first kappa shape index (κ1) is 16.4. The standard InChI is InChI=1S/C15H24N2O3S/c1-12(15-4-3-9-20-15)17-21(18,19)11-14-7-5-13(6-8-14)10-16-2/h5-8,12,15-17H,3-4,9-11H2,1-2H3. The molecular weight excluding hydrogens is 288 g/mol. The quantitative estimate of drug-likeness (QED) is 0.798. The predicted octanol–water partition coefficient (Wildman–Crippen LogP) is 1.39. The highest BCUT2D eigenvalue weighted by atomic mass is 32.2. The number of rotatable bonds is 7. The van der Waals surface area contributed by atoms with E-state index >= 15 is 0 Å². The van der Waals surface area contributed by atoms with E-state index in [-0.39, 0.29) is 17.9 Å². The van der Waals surface area contributed by atoms with Gasteiger partial charge in [0, 0.05) is 19.2 Å². The van der Waals surface area contributed by atoms with Crippen molar-refractivity contribution in [1.82, 2.24) is 10.0 Å². The number of hydrogen-bond donors (Lipinski definition) is 2. The third-order valence-electron chi connectivity index (χ3n) is 3.65. The summed E-state index contributed by atoms with van der Waals surface area (Å²) < 4.78 is 32.6. The zero-order valence-electron chi connectivity index (χ0n) is 12.6. The van der Waals surface area contributed by atoms with Gasteiger partial charge in [0.25, 0.3) is 0 Å². The molecule has 0 radical (unpaired) electrons. The molecule has 1 fully saturated rings. The van der Waals surface area contributed by atoms with Gasteiger partial charge in [-0.1, -0.05) is 24.3 Å². The van der Waals surface area contributed by atoms with Crippen molar-refractivity contribution < 1.29 is 13.2 Å². The molecule has 0 aliphatic carbocycles. The molecular formula is C15H24N2O3S. The second-order valence-corrected chi connectivity index (χ2v) is 7.32. The molecule has 0 spiro atoms. The van der Waals surface area contributed by atoms with Crippen LogP contribution >= 0.6 is 0 Å². The molecule has 2 N–H and O–H groups in total. The third-order valence-corrected chi connectivity index (χ3v) is 5.09. The van der Waals surface area contributed by atoms with Crippen LogP contribution in [0.3, 0.4) is 0 Å². The lowest BCUT2D eigenvalue weighted by atomic mass is 10.1. The average molecular weight is 312 g/mol. The van der Waals surface area contributed by atoms with E-state index in [1.54, 1.807) is 0 Å². The summed E-state index contributed by atoms with van der Waals surface area (Å²) in [6.45, 7) is 3.37. The summed E-state index contributed by atoms with van der Waals surface area (Å²) in [7, 11) is -1.46. The highest BCUT2D eigenvalue weighted by Gasteiger charge is 2.26. The Bertz CT molecular complexity index is 537. The molecule has 1 aliphatic heterocycles. The van der Waals surface area contributed by atoms with Gasteiger partial charge in [0.1, 0.15) is 0 Å². The molecule has 1 heterocycles. The molecule has 0 aromatic heterocycles. The molecule has 5 nitrogen and oxygen atoms in total. The van der Waals surface area contributed by atoms with Crippen LogP contribution in [0.2, 0.25) is 0 Å². The van der Waals surface area contributed by atoms with Crippen molar-refractivity contribution >= 4 is 10.0 Å². The van der Waals surface area contributed by atoms with Gasteiger partial charge in [0.2, 0.25) is 10.0 Å². The fourth-order valence-corrected chi connectivity index (χ4v) is 4.01. The van der Waals surface area contributed by atoms with E-state index in [9.17, 15) is 8.42 Å². The molecule has 1 aromatic carbocycles. The second-order valence-electron chi connectivity index (χ2n) is 5.56. The molecule has 1 aromatic rings. The van der Waals surface area contributed by atoms with Gasteiger partial charge in [-0.05, 0) is 37.9 Å². The first-order chi connectivity index (χ1) is 10.00. The molecule has 1 aliphatic rings. The Balaban J connectivity index is 1.93. The van der Waals surface area contributed by atoms with Crippen LogP contribution in [0.4, 0.5) is 0 Å². The van der Waals surface area contributed by atoms with Crippen LogP contribution < -0.4 is 10.0 Å². The van der Waals surface area contributed by atoms with Crippen molar-refractivity contribution in [3.05, 3.63) is 35.4 Å². The molecule has 21 heavy (non-hydrogen) atoms. The number of nitrogens with one attached hydrogen (secondary N) is 2. The lowest BCUT2D eigenvalue weighted by Gasteiger charge is -2.20. The number of ether oxygens (including phenoxy) is 1. The van der Waals surface area contributed by atoms with Crippen LogP contribution in [0.15, 0.2) is 24.3 Å². The molecule has 2 atom stereocenters. The van der Waals surface area contributed by atoms with E-state index in [4.69, 9.17) is 4.74 Å².